The molecular weight excluding hydrogens is 336 g/mol. The summed E-state index contributed by atoms with van der Waals surface area (Å²) in [6.45, 7) is 6.50. The van der Waals surface area contributed by atoms with Crippen molar-refractivity contribution >= 4 is 11.9 Å². The molecule has 146 valence electrons. The van der Waals surface area contributed by atoms with Crippen LogP contribution in [0.3, 0.4) is 0 Å². The van der Waals surface area contributed by atoms with E-state index in [1.807, 2.05) is 0 Å². The molecule has 1 aromatic rings. The zero-order valence-corrected chi connectivity index (χ0v) is 15.9. The van der Waals surface area contributed by atoms with Crippen molar-refractivity contribution in [1.82, 2.24) is 0 Å². The van der Waals surface area contributed by atoms with Crippen LogP contribution in [0.1, 0.15) is 76.7 Å². The summed E-state index contributed by atoms with van der Waals surface area (Å²) in [7, 11) is 0. The molecule has 26 heavy (non-hydrogen) atoms. The lowest BCUT2D eigenvalue weighted by Crippen LogP contribution is -2.24. The Labute approximate surface area is 154 Å². The van der Waals surface area contributed by atoms with Gasteiger partial charge in [0, 0.05) is 0 Å². The van der Waals surface area contributed by atoms with Gasteiger partial charge in [-0.2, -0.15) is 0 Å². The Morgan fingerprint density at radius 2 is 1.04 bits per heavy atom. The second-order valence-electron chi connectivity index (χ2n) is 8.15. The molecule has 0 bridgehead atoms. The lowest BCUT2D eigenvalue weighted by Gasteiger charge is -2.22. The molecule has 0 heterocycles. The Kier molecular flexibility index (Phi) is 7.35. The first kappa shape index (κ1) is 22.1. The predicted molar refractivity (Wildman–Crippen MR) is 97.7 cm³/mol. The van der Waals surface area contributed by atoms with Crippen molar-refractivity contribution in [2.24, 2.45) is 10.8 Å². The minimum Gasteiger partial charge on any atom is -0.481 e. The Bertz CT molecular complexity index is 563. The normalized spacial score (nSPS) is 14.7. The first-order valence-corrected chi connectivity index (χ1v) is 8.79. The molecule has 0 radical (unpaired) electrons. The maximum atomic E-state index is 11.1. The number of carbonyl (C=O) groups is 2. The summed E-state index contributed by atoms with van der Waals surface area (Å²) >= 11 is 0. The van der Waals surface area contributed by atoms with E-state index in [-0.39, 0.29) is 0 Å². The van der Waals surface area contributed by atoms with Gasteiger partial charge in [0.15, 0.2) is 0 Å². The molecule has 2 atom stereocenters. The van der Waals surface area contributed by atoms with Gasteiger partial charge in [-0.05, 0) is 64.5 Å². The summed E-state index contributed by atoms with van der Waals surface area (Å²) in [6, 6.07) is 6.83. The quantitative estimate of drug-likeness (QED) is 0.503. The number of aliphatic hydroxyl groups excluding tert-OH is 2. The fourth-order valence-electron chi connectivity index (χ4n) is 2.48. The largest absolute Gasteiger partial charge is 0.481 e. The molecule has 6 nitrogen and oxygen atoms in total. The smallest absolute Gasteiger partial charge is 0.309 e. The molecule has 0 aliphatic heterocycles. The van der Waals surface area contributed by atoms with Gasteiger partial charge in [-0.25, -0.2) is 0 Å². The van der Waals surface area contributed by atoms with Gasteiger partial charge >= 0.3 is 11.9 Å². The summed E-state index contributed by atoms with van der Waals surface area (Å²) in [4.78, 5) is 22.2. The van der Waals surface area contributed by atoms with Crippen LogP contribution in [0.4, 0.5) is 0 Å². The second-order valence-corrected chi connectivity index (χ2v) is 8.15. The van der Waals surface area contributed by atoms with E-state index in [0.717, 1.165) is 0 Å². The monoisotopic (exact) mass is 366 g/mol. The third kappa shape index (κ3) is 6.11. The molecular formula is C20H30O6. The van der Waals surface area contributed by atoms with Crippen molar-refractivity contribution in [2.75, 3.05) is 0 Å². The van der Waals surface area contributed by atoms with E-state index in [1.165, 1.54) is 0 Å². The van der Waals surface area contributed by atoms with Crippen molar-refractivity contribution < 1.29 is 30.0 Å². The molecule has 1 rings (SSSR count). The van der Waals surface area contributed by atoms with Gasteiger partial charge in [0.2, 0.25) is 0 Å². The first-order chi connectivity index (χ1) is 11.9. The number of hydrogen-bond acceptors (Lipinski definition) is 4. The van der Waals surface area contributed by atoms with Gasteiger partial charge in [0.05, 0.1) is 23.0 Å². The number of hydrogen-bond donors (Lipinski definition) is 4. The summed E-state index contributed by atoms with van der Waals surface area (Å²) in [5.41, 5.74) is -0.469. The van der Waals surface area contributed by atoms with E-state index in [1.54, 1.807) is 52.0 Å². The van der Waals surface area contributed by atoms with Crippen molar-refractivity contribution in [3.05, 3.63) is 35.4 Å². The van der Waals surface area contributed by atoms with Crippen LogP contribution in [0.25, 0.3) is 0 Å². The molecule has 0 saturated carbocycles. The molecule has 0 aliphatic rings. The minimum absolute atomic E-state index is 0.327. The molecule has 6 heteroatoms. The fourth-order valence-corrected chi connectivity index (χ4v) is 2.48. The Balaban J connectivity index is 2.64. The summed E-state index contributed by atoms with van der Waals surface area (Å²) in [5.74, 6) is -1.79. The lowest BCUT2D eigenvalue weighted by molar-refractivity contribution is -0.148. The highest BCUT2D eigenvalue weighted by molar-refractivity contribution is 5.73. The van der Waals surface area contributed by atoms with Crippen molar-refractivity contribution in [3.63, 3.8) is 0 Å². The predicted octanol–water partition coefficient (Wildman–Crippen LogP) is 3.54. The maximum absolute atomic E-state index is 11.1. The summed E-state index contributed by atoms with van der Waals surface area (Å²) < 4.78 is 0. The van der Waals surface area contributed by atoms with E-state index < -0.39 is 35.0 Å². The standard InChI is InChI=1S/C20H30O6/c1-19(2,17(23)24)11-9-15(21)13-5-7-14(8-6-13)16(22)10-12-20(3,4)18(25)26/h5-8,15-16,21-22H,9-12H2,1-4H3,(H,23,24)(H,25,26). The molecule has 0 spiro atoms. The van der Waals surface area contributed by atoms with Gasteiger partial charge in [0.25, 0.3) is 0 Å². The Morgan fingerprint density at radius 3 is 1.27 bits per heavy atom. The summed E-state index contributed by atoms with van der Waals surface area (Å²) in [5, 5.41) is 38.7. The van der Waals surface area contributed by atoms with Gasteiger partial charge in [-0.3, -0.25) is 9.59 Å². The SMILES string of the molecule is CC(C)(CCC(O)c1ccc(C(O)CCC(C)(C)C(=O)O)cc1)C(=O)O. The maximum Gasteiger partial charge on any atom is 0.309 e. The highest BCUT2D eigenvalue weighted by atomic mass is 16.4. The average Bonchev–Trinajstić information content (AvgIpc) is 2.57. The number of benzene rings is 1. The second kappa shape index (κ2) is 8.64. The topological polar surface area (TPSA) is 115 Å². The van der Waals surface area contributed by atoms with Crippen molar-refractivity contribution in [3.8, 4) is 0 Å². The highest BCUT2D eigenvalue weighted by Crippen LogP contribution is 2.31. The van der Waals surface area contributed by atoms with Crippen molar-refractivity contribution in [2.45, 2.75) is 65.6 Å². The molecule has 1 aromatic carbocycles. The number of aliphatic hydroxyl groups is 2. The van der Waals surface area contributed by atoms with E-state index in [9.17, 15) is 19.8 Å². The van der Waals surface area contributed by atoms with E-state index in [2.05, 4.69) is 0 Å². The number of carboxylic acid groups (broad SMARTS) is 2. The highest BCUT2D eigenvalue weighted by Gasteiger charge is 2.29. The minimum atomic E-state index is -0.896. The molecule has 0 aromatic heterocycles. The van der Waals surface area contributed by atoms with Gasteiger partial charge in [0.1, 0.15) is 0 Å². The van der Waals surface area contributed by atoms with Crippen LogP contribution in [0, 0.1) is 10.8 Å². The van der Waals surface area contributed by atoms with Crippen LogP contribution in [0.2, 0.25) is 0 Å². The van der Waals surface area contributed by atoms with Crippen molar-refractivity contribution in [1.29, 1.82) is 0 Å². The number of carboxylic acids is 2. The third-order valence-electron chi connectivity index (χ3n) is 4.95. The van der Waals surface area contributed by atoms with E-state index >= 15 is 0 Å². The van der Waals surface area contributed by atoms with E-state index in [4.69, 9.17) is 10.2 Å². The van der Waals surface area contributed by atoms with Gasteiger partial charge in [-0.1, -0.05) is 24.3 Å². The number of aliphatic carboxylic acids is 2. The zero-order chi connectivity index (χ0) is 20.1. The van der Waals surface area contributed by atoms with E-state index in [0.29, 0.717) is 36.8 Å². The molecule has 0 saturated heterocycles. The molecule has 0 aliphatic carbocycles. The fraction of sp³-hybridized carbons (Fsp3) is 0.600. The third-order valence-corrected chi connectivity index (χ3v) is 4.95. The van der Waals surface area contributed by atoms with Crippen LogP contribution in [-0.4, -0.2) is 32.4 Å². The van der Waals surface area contributed by atoms with Crippen LogP contribution in [0.15, 0.2) is 24.3 Å². The van der Waals surface area contributed by atoms with Crippen LogP contribution >= 0.6 is 0 Å². The van der Waals surface area contributed by atoms with Crippen LogP contribution in [-0.2, 0) is 9.59 Å². The molecule has 2 unspecified atom stereocenters. The molecule has 4 N–H and O–H groups in total. The first-order valence-electron chi connectivity index (χ1n) is 8.79. The zero-order valence-electron chi connectivity index (χ0n) is 15.9. The average molecular weight is 366 g/mol. The van der Waals surface area contributed by atoms with Crippen LogP contribution < -0.4 is 0 Å². The lowest BCUT2D eigenvalue weighted by atomic mass is 9.85. The Morgan fingerprint density at radius 1 is 0.769 bits per heavy atom. The summed E-state index contributed by atoms with van der Waals surface area (Å²) in [6.07, 6.45) is -0.199. The molecule has 0 fully saturated rings. The number of rotatable bonds is 10. The van der Waals surface area contributed by atoms with Gasteiger partial charge < -0.3 is 20.4 Å². The Hall–Kier alpha value is -1.92. The van der Waals surface area contributed by atoms with Crippen LogP contribution in [0.5, 0.6) is 0 Å². The molecule has 0 amide bonds. The van der Waals surface area contributed by atoms with Gasteiger partial charge in [-0.15, -0.1) is 0 Å².